The highest BCUT2D eigenvalue weighted by Crippen LogP contribution is 2.19. The Morgan fingerprint density at radius 1 is 1.17 bits per heavy atom. The summed E-state index contributed by atoms with van der Waals surface area (Å²) in [4.78, 5) is 10.6. The van der Waals surface area contributed by atoms with Gasteiger partial charge in [-0.3, -0.25) is 4.79 Å². The molecule has 0 aliphatic carbocycles. The number of aliphatic hydroxyl groups is 1. The van der Waals surface area contributed by atoms with Crippen molar-refractivity contribution in [2.24, 2.45) is 0 Å². The average molecular weight is 327 g/mol. The van der Waals surface area contributed by atoms with Crippen molar-refractivity contribution in [1.29, 1.82) is 0 Å². The van der Waals surface area contributed by atoms with Gasteiger partial charge >= 0.3 is 12.1 Å². The second kappa shape index (κ2) is 7.43. The van der Waals surface area contributed by atoms with Crippen molar-refractivity contribution >= 4 is 16.7 Å². The lowest BCUT2D eigenvalue weighted by Gasteiger charge is -2.14. The quantitative estimate of drug-likeness (QED) is 0.856. The molecule has 0 fully saturated rings. The van der Waals surface area contributed by atoms with E-state index in [-0.39, 0.29) is 13.2 Å². The molecule has 1 atom stereocenters. The number of amides is 1. The SMILES string of the molecule is O=C(NC[C@H](O)COCc1cccc2ccccc12)C(F)(F)F. The van der Waals surface area contributed by atoms with Crippen molar-refractivity contribution in [3.63, 3.8) is 0 Å². The lowest BCUT2D eigenvalue weighted by molar-refractivity contribution is -0.174. The Bertz CT molecular complexity index is 668. The Morgan fingerprint density at radius 3 is 2.61 bits per heavy atom. The molecule has 2 aromatic rings. The number of rotatable bonds is 6. The smallest absolute Gasteiger partial charge is 0.389 e. The van der Waals surface area contributed by atoms with E-state index in [2.05, 4.69) is 0 Å². The number of benzene rings is 2. The molecule has 0 aromatic heterocycles. The predicted molar refractivity (Wildman–Crippen MR) is 78.7 cm³/mol. The second-order valence-electron chi connectivity index (χ2n) is 5.02. The average Bonchev–Trinajstić information content (AvgIpc) is 2.52. The maximum atomic E-state index is 12.0. The summed E-state index contributed by atoms with van der Waals surface area (Å²) in [5.41, 5.74) is 0.912. The summed E-state index contributed by atoms with van der Waals surface area (Å²) in [7, 11) is 0. The first kappa shape index (κ1) is 17.2. The van der Waals surface area contributed by atoms with Gasteiger partial charge in [-0.15, -0.1) is 0 Å². The van der Waals surface area contributed by atoms with Gasteiger partial charge in [0.2, 0.25) is 0 Å². The van der Waals surface area contributed by atoms with Gasteiger partial charge in [0.05, 0.1) is 19.3 Å². The highest BCUT2D eigenvalue weighted by Gasteiger charge is 2.38. The van der Waals surface area contributed by atoms with E-state index in [1.165, 1.54) is 0 Å². The van der Waals surface area contributed by atoms with E-state index in [4.69, 9.17) is 4.74 Å². The van der Waals surface area contributed by atoms with Crippen molar-refractivity contribution in [2.45, 2.75) is 18.9 Å². The zero-order valence-corrected chi connectivity index (χ0v) is 12.1. The van der Waals surface area contributed by atoms with Gasteiger partial charge in [0, 0.05) is 6.54 Å². The van der Waals surface area contributed by atoms with Crippen LogP contribution in [0, 0.1) is 0 Å². The van der Waals surface area contributed by atoms with Gasteiger partial charge in [0.1, 0.15) is 0 Å². The van der Waals surface area contributed by atoms with E-state index in [0.29, 0.717) is 0 Å². The molecule has 7 heteroatoms. The Kier molecular flexibility index (Phi) is 5.57. The predicted octanol–water partition coefficient (Wildman–Crippen LogP) is 2.40. The lowest BCUT2D eigenvalue weighted by Crippen LogP contribution is -2.41. The molecular weight excluding hydrogens is 311 g/mol. The summed E-state index contributed by atoms with van der Waals surface area (Å²) in [5, 5.41) is 13.2. The highest BCUT2D eigenvalue weighted by atomic mass is 19.4. The van der Waals surface area contributed by atoms with Gasteiger partial charge in [0.15, 0.2) is 0 Å². The minimum Gasteiger partial charge on any atom is -0.389 e. The first-order valence-corrected chi connectivity index (χ1v) is 6.95. The van der Waals surface area contributed by atoms with E-state index in [1.807, 2.05) is 42.5 Å². The number of ether oxygens (including phenoxy) is 1. The summed E-state index contributed by atoms with van der Waals surface area (Å²) in [6.07, 6.45) is -6.17. The molecule has 2 aromatic carbocycles. The van der Waals surface area contributed by atoms with E-state index >= 15 is 0 Å². The maximum Gasteiger partial charge on any atom is 0.471 e. The van der Waals surface area contributed by atoms with Crippen molar-refractivity contribution < 1.29 is 27.8 Å². The third kappa shape index (κ3) is 4.94. The molecule has 0 saturated heterocycles. The third-order valence-electron chi connectivity index (χ3n) is 3.20. The Labute approximate surface area is 130 Å². The number of carbonyl (C=O) groups is 1. The number of hydrogen-bond acceptors (Lipinski definition) is 3. The molecule has 0 unspecified atom stereocenters. The van der Waals surface area contributed by atoms with Crippen LogP contribution in [0.3, 0.4) is 0 Å². The monoisotopic (exact) mass is 327 g/mol. The molecule has 0 aliphatic heterocycles. The zero-order valence-electron chi connectivity index (χ0n) is 12.1. The maximum absolute atomic E-state index is 12.0. The van der Waals surface area contributed by atoms with Crippen LogP contribution in [-0.4, -0.2) is 36.4 Å². The number of carbonyl (C=O) groups excluding carboxylic acids is 1. The molecule has 2 rings (SSSR count). The van der Waals surface area contributed by atoms with Crippen LogP contribution in [0.25, 0.3) is 10.8 Å². The van der Waals surface area contributed by atoms with Gasteiger partial charge in [-0.25, -0.2) is 0 Å². The van der Waals surface area contributed by atoms with Crippen LogP contribution in [0.15, 0.2) is 42.5 Å². The van der Waals surface area contributed by atoms with Crippen LogP contribution in [0.2, 0.25) is 0 Å². The number of alkyl halides is 3. The fourth-order valence-electron chi connectivity index (χ4n) is 2.09. The number of hydrogen-bond donors (Lipinski definition) is 2. The van der Waals surface area contributed by atoms with Gasteiger partial charge in [0.25, 0.3) is 0 Å². The number of aliphatic hydroxyl groups excluding tert-OH is 1. The molecule has 0 radical (unpaired) electrons. The van der Waals surface area contributed by atoms with Gasteiger partial charge < -0.3 is 15.2 Å². The molecular formula is C16H16F3NO3. The molecule has 1 amide bonds. The van der Waals surface area contributed by atoms with E-state index in [1.54, 1.807) is 5.32 Å². The summed E-state index contributed by atoms with van der Waals surface area (Å²) in [5.74, 6) is -2.08. The van der Waals surface area contributed by atoms with Crippen LogP contribution in [0.1, 0.15) is 5.56 Å². The molecule has 124 valence electrons. The van der Waals surface area contributed by atoms with Crippen LogP contribution in [-0.2, 0) is 16.1 Å². The van der Waals surface area contributed by atoms with Crippen LogP contribution in [0.4, 0.5) is 13.2 Å². The first-order valence-electron chi connectivity index (χ1n) is 6.95. The first-order chi connectivity index (χ1) is 10.9. The molecule has 2 N–H and O–H groups in total. The number of fused-ring (bicyclic) bond motifs is 1. The van der Waals surface area contributed by atoms with Gasteiger partial charge in [-0.1, -0.05) is 42.5 Å². The molecule has 0 spiro atoms. The van der Waals surface area contributed by atoms with Crippen molar-refractivity contribution in [2.75, 3.05) is 13.2 Å². The van der Waals surface area contributed by atoms with Crippen molar-refractivity contribution in [3.05, 3.63) is 48.0 Å². The van der Waals surface area contributed by atoms with E-state index < -0.39 is 24.7 Å². The largest absolute Gasteiger partial charge is 0.471 e. The summed E-state index contributed by atoms with van der Waals surface area (Å²) >= 11 is 0. The van der Waals surface area contributed by atoms with E-state index in [9.17, 15) is 23.1 Å². The van der Waals surface area contributed by atoms with Crippen LogP contribution >= 0.6 is 0 Å². The van der Waals surface area contributed by atoms with Gasteiger partial charge in [-0.2, -0.15) is 13.2 Å². The summed E-state index contributed by atoms with van der Waals surface area (Å²) in [6.45, 7) is -0.485. The standard InChI is InChI=1S/C16H16F3NO3/c17-16(18,19)15(22)20-8-13(21)10-23-9-12-6-3-5-11-4-1-2-7-14(11)12/h1-7,13,21H,8-10H2,(H,20,22)/t13-/m0/s1. The lowest BCUT2D eigenvalue weighted by atomic mass is 10.1. The minimum atomic E-state index is -4.95. The number of halogens is 3. The molecule has 0 aliphatic rings. The van der Waals surface area contributed by atoms with Crippen LogP contribution in [0.5, 0.6) is 0 Å². The van der Waals surface area contributed by atoms with Crippen molar-refractivity contribution in [1.82, 2.24) is 5.32 Å². The molecule has 4 nitrogen and oxygen atoms in total. The Hall–Kier alpha value is -2.12. The Morgan fingerprint density at radius 2 is 1.87 bits per heavy atom. The molecule has 0 saturated carbocycles. The number of nitrogens with one attached hydrogen (secondary N) is 1. The second-order valence-corrected chi connectivity index (χ2v) is 5.02. The van der Waals surface area contributed by atoms with Crippen LogP contribution < -0.4 is 5.32 Å². The molecule has 23 heavy (non-hydrogen) atoms. The fraction of sp³-hybridized carbons (Fsp3) is 0.312. The molecule has 0 bridgehead atoms. The summed E-state index contributed by atoms with van der Waals surface area (Å²) in [6, 6.07) is 13.4. The zero-order chi connectivity index (χ0) is 16.9. The minimum absolute atomic E-state index is 0.179. The normalized spacial score (nSPS) is 13.0. The highest BCUT2D eigenvalue weighted by molar-refractivity contribution is 5.85. The summed E-state index contributed by atoms with van der Waals surface area (Å²) < 4.78 is 41.3. The fourth-order valence-corrected chi connectivity index (χ4v) is 2.09. The van der Waals surface area contributed by atoms with E-state index in [0.717, 1.165) is 16.3 Å². The molecule has 0 heterocycles. The Balaban J connectivity index is 1.81. The third-order valence-corrected chi connectivity index (χ3v) is 3.20. The topological polar surface area (TPSA) is 58.6 Å². The van der Waals surface area contributed by atoms with Gasteiger partial charge in [-0.05, 0) is 16.3 Å². The van der Waals surface area contributed by atoms with Crippen molar-refractivity contribution in [3.8, 4) is 0 Å².